The molecule has 3 aromatic carbocycles. The third-order valence-electron chi connectivity index (χ3n) is 6.34. The van der Waals surface area contributed by atoms with Crippen molar-refractivity contribution in [1.29, 1.82) is 0 Å². The molecule has 4 aromatic rings. The lowest BCUT2D eigenvalue weighted by Crippen LogP contribution is -2.18. The summed E-state index contributed by atoms with van der Waals surface area (Å²) < 4.78 is 0. The molecule has 1 aliphatic rings. The number of allylic oxidation sites excluding steroid dienone is 2. The van der Waals surface area contributed by atoms with E-state index >= 15 is 0 Å². The Labute approximate surface area is 200 Å². The minimum Gasteiger partial charge on any atom is -0.370 e. The summed E-state index contributed by atoms with van der Waals surface area (Å²) in [5, 5.41) is 12.6. The van der Waals surface area contributed by atoms with Crippen molar-refractivity contribution in [2.75, 3.05) is 11.9 Å². The van der Waals surface area contributed by atoms with Gasteiger partial charge in [-0.25, -0.2) is 0 Å². The second-order valence-electron chi connectivity index (χ2n) is 9.05. The highest BCUT2D eigenvalue weighted by molar-refractivity contribution is 5.73. The van der Waals surface area contributed by atoms with Gasteiger partial charge in [-0.1, -0.05) is 43.5 Å². The number of aromatic nitrogens is 3. The monoisotopic (exact) mass is 447 g/mol. The van der Waals surface area contributed by atoms with Crippen molar-refractivity contribution in [3.05, 3.63) is 113 Å². The minimum atomic E-state index is 0.794. The molecule has 34 heavy (non-hydrogen) atoms. The molecule has 0 radical (unpaired) electrons. The molecule has 170 valence electrons. The lowest BCUT2D eigenvalue weighted by atomic mass is 10.0. The van der Waals surface area contributed by atoms with Gasteiger partial charge in [0.2, 0.25) is 0 Å². The van der Waals surface area contributed by atoms with Gasteiger partial charge < -0.3 is 10.2 Å². The second kappa shape index (κ2) is 8.67. The summed E-state index contributed by atoms with van der Waals surface area (Å²) in [6.07, 6.45) is 3.01. The number of hydrogen-bond acceptors (Lipinski definition) is 4. The normalized spacial score (nSPS) is 14.7. The largest absolute Gasteiger partial charge is 0.370 e. The third-order valence-corrected chi connectivity index (χ3v) is 6.34. The Morgan fingerprint density at radius 3 is 2.29 bits per heavy atom. The van der Waals surface area contributed by atoms with Crippen molar-refractivity contribution in [2.45, 2.75) is 26.8 Å². The molecule has 0 saturated carbocycles. The van der Waals surface area contributed by atoms with E-state index in [2.05, 4.69) is 86.7 Å². The van der Waals surface area contributed by atoms with E-state index in [4.69, 9.17) is 10.2 Å². The minimum absolute atomic E-state index is 0.794. The molecule has 5 rings (SSSR count). The van der Waals surface area contributed by atoms with Gasteiger partial charge in [0.1, 0.15) is 11.0 Å². The third kappa shape index (κ3) is 4.25. The Morgan fingerprint density at radius 2 is 1.68 bits per heavy atom. The molecule has 0 bridgehead atoms. The van der Waals surface area contributed by atoms with E-state index in [1.807, 2.05) is 24.3 Å². The van der Waals surface area contributed by atoms with Crippen LogP contribution in [0.2, 0.25) is 0 Å². The molecule has 0 atom stereocenters. The smallest absolute Gasteiger partial charge is 0.113 e. The van der Waals surface area contributed by atoms with E-state index in [9.17, 15) is 0 Å². The average molecular weight is 448 g/mol. The first-order chi connectivity index (χ1) is 16.4. The molecule has 0 unspecified atom stereocenters. The van der Waals surface area contributed by atoms with Crippen LogP contribution in [0.4, 0.5) is 5.69 Å². The van der Waals surface area contributed by atoms with Crippen molar-refractivity contribution < 1.29 is 0 Å². The van der Waals surface area contributed by atoms with Crippen molar-refractivity contribution in [2.24, 2.45) is 0 Å². The molecule has 1 aliphatic heterocycles. The number of nitrogens with zero attached hydrogens (tertiary/aromatic N) is 4. The topological polar surface area (TPSA) is 46.0 Å². The number of hydrogen-bond donors (Lipinski definition) is 1. The van der Waals surface area contributed by atoms with Crippen LogP contribution < -0.4 is 10.2 Å². The molecule has 0 aliphatic carbocycles. The van der Waals surface area contributed by atoms with E-state index < -0.39 is 0 Å². The van der Waals surface area contributed by atoms with Gasteiger partial charge in [0.05, 0.1) is 5.69 Å². The van der Waals surface area contributed by atoms with Crippen molar-refractivity contribution in [1.82, 2.24) is 20.3 Å². The predicted octanol–water partition coefficient (Wildman–Crippen LogP) is 6.08. The molecule has 2 heterocycles. The Kier molecular flexibility index (Phi) is 5.54. The molecule has 1 N–H and O–H groups in total. The van der Waals surface area contributed by atoms with Crippen LogP contribution in [-0.2, 0) is 6.54 Å². The maximum absolute atomic E-state index is 4.70. The van der Waals surface area contributed by atoms with Gasteiger partial charge in [0, 0.05) is 37.1 Å². The molecule has 1 saturated heterocycles. The van der Waals surface area contributed by atoms with Gasteiger partial charge in [0.15, 0.2) is 0 Å². The lowest BCUT2D eigenvalue weighted by Gasteiger charge is -2.22. The van der Waals surface area contributed by atoms with Crippen molar-refractivity contribution >= 4 is 22.8 Å². The molecule has 1 aromatic heterocycles. The maximum Gasteiger partial charge on any atom is 0.113 e. The highest BCUT2D eigenvalue weighted by Crippen LogP contribution is 2.27. The average Bonchev–Trinajstić information content (AvgIpc) is 3.38. The fraction of sp³-hybridized carbons (Fsp3) is 0.172. The van der Waals surface area contributed by atoms with Crippen LogP contribution in [0, 0.1) is 13.8 Å². The van der Waals surface area contributed by atoms with Crippen LogP contribution >= 0.6 is 0 Å². The predicted molar refractivity (Wildman–Crippen MR) is 141 cm³/mol. The number of benzene rings is 3. The van der Waals surface area contributed by atoms with Gasteiger partial charge >= 0.3 is 0 Å². The number of rotatable bonds is 5. The Morgan fingerprint density at radius 1 is 1.00 bits per heavy atom. The summed E-state index contributed by atoms with van der Waals surface area (Å²) in [7, 11) is 2.13. The highest BCUT2D eigenvalue weighted by Gasteiger charge is 2.15. The standard InChI is InChI=1S/C29H29N5/c1-19-14-25(21(3)29(15-19)34-31-27-8-6-7-9-28(27)32-34)18-33(5)26-12-10-23(11-13-26)17-24-16-20(2)30-22(24)4/h6-15,17,30H,2,4,16,18H2,1,3,5H3/b24-17+. The first-order valence-electron chi connectivity index (χ1n) is 11.5. The van der Waals surface area contributed by atoms with E-state index in [-0.39, 0.29) is 0 Å². The molecular weight excluding hydrogens is 418 g/mol. The van der Waals surface area contributed by atoms with Crippen LogP contribution in [0.1, 0.15) is 28.7 Å². The second-order valence-corrected chi connectivity index (χ2v) is 9.05. The Balaban J connectivity index is 1.38. The van der Waals surface area contributed by atoms with Crippen LogP contribution in [0.5, 0.6) is 0 Å². The zero-order valence-corrected chi connectivity index (χ0v) is 20.0. The fourth-order valence-electron chi connectivity index (χ4n) is 4.44. The van der Waals surface area contributed by atoms with E-state index in [1.54, 1.807) is 4.80 Å². The van der Waals surface area contributed by atoms with Crippen LogP contribution in [0.25, 0.3) is 22.8 Å². The maximum atomic E-state index is 4.70. The number of anilines is 1. The van der Waals surface area contributed by atoms with Gasteiger partial charge in [-0.05, 0) is 78.1 Å². The molecule has 0 amide bonds. The highest BCUT2D eigenvalue weighted by atomic mass is 15.5. The first-order valence-corrected chi connectivity index (χ1v) is 11.5. The Hall–Kier alpha value is -4.12. The van der Waals surface area contributed by atoms with Gasteiger partial charge in [-0.15, -0.1) is 10.2 Å². The SMILES string of the molecule is C=C1C/C(=C\c2ccc(N(C)Cc3cc(C)cc(-n4nc5ccccc5n4)c3C)cc2)C(=C)N1. The van der Waals surface area contributed by atoms with Crippen molar-refractivity contribution in [3.63, 3.8) is 0 Å². The summed E-state index contributed by atoms with van der Waals surface area (Å²) in [5.74, 6) is 0. The van der Waals surface area contributed by atoms with Gasteiger partial charge in [0.25, 0.3) is 0 Å². The lowest BCUT2D eigenvalue weighted by molar-refractivity contribution is 0.755. The summed E-state index contributed by atoms with van der Waals surface area (Å²) in [4.78, 5) is 4.03. The quantitative estimate of drug-likeness (QED) is 0.403. The van der Waals surface area contributed by atoms with Gasteiger partial charge in [-0.2, -0.15) is 4.80 Å². The van der Waals surface area contributed by atoms with Gasteiger partial charge in [-0.3, -0.25) is 0 Å². The molecule has 1 fully saturated rings. The van der Waals surface area contributed by atoms with E-state index in [1.165, 1.54) is 28.0 Å². The summed E-state index contributed by atoms with van der Waals surface area (Å²) in [6.45, 7) is 13.1. The van der Waals surface area contributed by atoms with Crippen molar-refractivity contribution in [3.8, 4) is 5.69 Å². The number of fused-ring (bicyclic) bond motifs is 1. The van der Waals surface area contributed by atoms with Crippen LogP contribution in [-0.4, -0.2) is 22.0 Å². The zero-order chi connectivity index (χ0) is 23.8. The zero-order valence-electron chi connectivity index (χ0n) is 20.0. The number of nitrogens with one attached hydrogen (secondary N) is 1. The Bertz CT molecular complexity index is 1410. The molecule has 5 nitrogen and oxygen atoms in total. The van der Waals surface area contributed by atoms with E-state index in [0.29, 0.717) is 0 Å². The summed E-state index contributed by atoms with van der Waals surface area (Å²) >= 11 is 0. The molecule has 0 spiro atoms. The van der Waals surface area contributed by atoms with E-state index in [0.717, 1.165) is 46.6 Å². The van der Waals surface area contributed by atoms with Crippen LogP contribution in [0.15, 0.2) is 90.8 Å². The molecule has 5 heteroatoms. The fourth-order valence-corrected chi connectivity index (χ4v) is 4.44. The summed E-state index contributed by atoms with van der Waals surface area (Å²) in [5.41, 5.74) is 11.9. The first kappa shape index (κ1) is 21.7. The number of aryl methyl sites for hydroxylation is 1. The van der Waals surface area contributed by atoms with Crippen LogP contribution in [0.3, 0.4) is 0 Å². The molecular formula is C29H29N5. The summed E-state index contributed by atoms with van der Waals surface area (Å²) in [6, 6.07) is 21.0.